The topological polar surface area (TPSA) is 27.6 Å². The molecule has 0 radical (unpaired) electrons. The van der Waals surface area contributed by atoms with Crippen molar-refractivity contribution in [1.82, 2.24) is 10.2 Å². The first-order valence-electron chi connectivity index (χ1n) is 7.72. The number of nitrogens with one attached hydrogen (secondary N) is 1. The molecule has 1 aromatic rings. The van der Waals surface area contributed by atoms with Crippen LogP contribution in [0.5, 0.6) is 0 Å². The lowest BCUT2D eigenvalue weighted by molar-refractivity contribution is 0.151. The number of hydrogen-bond acceptors (Lipinski definition) is 1. The van der Waals surface area contributed by atoms with Crippen molar-refractivity contribution < 1.29 is 0 Å². The lowest BCUT2D eigenvalue weighted by atomic mass is 9.68. The molecule has 1 aliphatic heterocycles. The number of guanidine groups is 1. The third-order valence-electron chi connectivity index (χ3n) is 4.90. The predicted molar refractivity (Wildman–Crippen MR) is 83.9 cm³/mol. The summed E-state index contributed by atoms with van der Waals surface area (Å²) in [7, 11) is 1.89. The zero-order valence-corrected chi connectivity index (χ0v) is 12.7. The van der Waals surface area contributed by atoms with Crippen molar-refractivity contribution in [2.75, 3.05) is 20.1 Å². The van der Waals surface area contributed by atoms with E-state index in [1.807, 2.05) is 7.05 Å². The van der Waals surface area contributed by atoms with Crippen molar-refractivity contribution in [1.29, 1.82) is 0 Å². The van der Waals surface area contributed by atoms with Crippen LogP contribution in [0, 0.1) is 12.3 Å². The lowest BCUT2D eigenvalue weighted by Gasteiger charge is -2.38. The van der Waals surface area contributed by atoms with Gasteiger partial charge in [-0.2, -0.15) is 0 Å². The van der Waals surface area contributed by atoms with Gasteiger partial charge in [-0.15, -0.1) is 0 Å². The fraction of sp³-hybridized carbons (Fsp3) is 0.588. The summed E-state index contributed by atoms with van der Waals surface area (Å²) in [6.07, 6.45) is 5.60. The Morgan fingerprint density at radius 2 is 2.20 bits per heavy atom. The van der Waals surface area contributed by atoms with Crippen LogP contribution in [0.25, 0.3) is 0 Å². The van der Waals surface area contributed by atoms with E-state index in [1.54, 1.807) is 0 Å². The minimum absolute atomic E-state index is 0.626. The van der Waals surface area contributed by atoms with Crippen LogP contribution in [0.4, 0.5) is 0 Å². The van der Waals surface area contributed by atoms with E-state index < -0.39 is 0 Å². The number of likely N-dealkylation sites (tertiary alicyclic amines) is 1. The molecule has 1 spiro atoms. The first-order chi connectivity index (χ1) is 9.71. The van der Waals surface area contributed by atoms with Gasteiger partial charge < -0.3 is 10.2 Å². The Bertz CT molecular complexity index is 503. The van der Waals surface area contributed by atoms with Crippen LogP contribution in [0.1, 0.15) is 36.8 Å². The van der Waals surface area contributed by atoms with Crippen molar-refractivity contribution >= 4 is 5.96 Å². The zero-order chi connectivity index (χ0) is 14.0. The Labute approximate surface area is 122 Å². The maximum absolute atomic E-state index is 4.46. The Morgan fingerprint density at radius 3 is 2.80 bits per heavy atom. The van der Waals surface area contributed by atoms with Crippen LogP contribution in [0.3, 0.4) is 0 Å². The van der Waals surface area contributed by atoms with Crippen LogP contribution in [-0.4, -0.2) is 31.0 Å². The molecular weight excluding hydrogens is 246 g/mol. The van der Waals surface area contributed by atoms with Crippen LogP contribution in [0.2, 0.25) is 0 Å². The van der Waals surface area contributed by atoms with Crippen LogP contribution >= 0.6 is 0 Å². The second-order valence-electron chi connectivity index (χ2n) is 6.41. The van der Waals surface area contributed by atoms with Gasteiger partial charge in [0.1, 0.15) is 0 Å². The van der Waals surface area contributed by atoms with Gasteiger partial charge in [0.25, 0.3) is 0 Å². The first kappa shape index (κ1) is 13.5. The van der Waals surface area contributed by atoms with Gasteiger partial charge >= 0.3 is 0 Å². The molecule has 2 fully saturated rings. The summed E-state index contributed by atoms with van der Waals surface area (Å²) in [6, 6.07) is 8.66. The average molecular weight is 271 g/mol. The van der Waals surface area contributed by atoms with Gasteiger partial charge in [0.05, 0.1) is 0 Å². The molecular formula is C17H25N3. The van der Waals surface area contributed by atoms with Crippen molar-refractivity contribution in [2.45, 2.75) is 39.2 Å². The quantitative estimate of drug-likeness (QED) is 0.661. The molecule has 0 amide bonds. The summed E-state index contributed by atoms with van der Waals surface area (Å²) in [5, 5.41) is 3.52. The Morgan fingerprint density at radius 1 is 1.35 bits per heavy atom. The normalized spacial score (nSPS) is 21.1. The molecule has 1 aromatic carbocycles. The Balaban J connectivity index is 1.58. The van der Waals surface area contributed by atoms with E-state index in [0.29, 0.717) is 5.41 Å². The molecule has 1 heterocycles. The SMILES string of the molecule is CN=C(NCc1cccc(C)c1)N1CCC2(CCC2)C1. The standard InChI is InChI=1S/C17H25N3/c1-14-5-3-6-15(11-14)12-19-16(18-2)20-10-9-17(13-20)7-4-8-17/h3,5-6,11H,4,7-10,12-13H2,1-2H3,(H,18,19). The van der Waals surface area contributed by atoms with E-state index in [2.05, 4.69) is 46.4 Å². The molecule has 0 atom stereocenters. The minimum atomic E-state index is 0.626. The molecule has 0 bridgehead atoms. The molecule has 1 saturated heterocycles. The molecule has 1 saturated carbocycles. The molecule has 3 heteroatoms. The number of aryl methyl sites for hydroxylation is 1. The lowest BCUT2D eigenvalue weighted by Crippen LogP contribution is -2.42. The monoisotopic (exact) mass is 271 g/mol. The highest BCUT2D eigenvalue weighted by atomic mass is 15.3. The maximum atomic E-state index is 4.46. The second-order valence-corrected chi connectivity index (χ2v) is 6.41. The minimum Gasteiger partial charge on any atom is -0.352 e. The van der Waals surface area contributed by atoms with Crippen LogP contribution in [0.15, 0.2) is 29.3 Å². The zero-order valence-electron chi connectivity index (χ0n) is 12.7. The van der Waals surface area contributed by atoms with Crippen molar-refractivity contribution in [3.8, 4) is 0 Å². The summed E-state index contributed by atoms with van der Waals surface area (Å²) < 4.78 is 0. The van der Waals surface area contributed by atoms with E-state index in [-0.39, 0.29) is 0 Å². The molecule has 0 aromatic heterocycles. The van der Waals surface area contributed by atoms with Gasteiger partial charge in [-0.25, -0.2) is 0 Å². The summed E-state index contributed by atoms with van der Waals surface area (Å²) in [5.41, 5.74) is 3.26. The molecule has 3 nitrogen and oxygen atoms in total. The molecule has 0 unspecified atom stereocenters. The van der Waals surface area contributed by atoms with Gasteiger partial charge in [0.2, 0.25) is 0 Å². The number of hydrogen-bond donors (Lipinski definition) is 1. The summed E-state index contributed by atoms with van der Waals surface area (Å²) >= 11 is 0. The average Bonchev–Trinajstić information content (AvgIpc) is 2.85. The van der Waals surface area contributed by atoms with Gasteiger partial charge in [0, 0.05) is 26.7 Å². The number of nitrogens with zero attached hydrogens (tertiary/aromatic N) is 2. The van der Waals surface area contributed by atoms with Crippen molar-refractivity contribution in [3.63, 3.8) is 0 Å². The molecule has 1 aliphatic carbocycles. The van der Waals surface area contributed by atoms with Crippen LogP contribution < -0.4 is 5.32 Å². The summed E-state index contributed by atoms with van der Waals surface area (Å²) in [5.74, 6) is 1.07. The number of aliphatic imine (C=N–C) groups is 1. The number of benzene rings is 1. The van der Waals surface area contributed by atoms with E-state index in [9.17, 15) is 0 Å². The molecule has 1 N–H and O–H groups in total. The third kappa shape index (κ3) is 2.67. The molecule has 20 heavy (non-hydrogen) atoms. The number of rotatable bonds is 2. The fourth-order valence-electron chi connectivity index (χ4n) is 3.54. The van der Waals surface area contributed by atoms with Crippen molar-refractivity contribution in [2.24, 2.45) is 10.4 Å². The fourth-order valence-corrected chi connectivity index (χ4v) is 3.54. The van der Waals surface area contributed by atoms with Gasteiger partial charge in [0.15, 0.2) is 5.96 Å². The van der Waals surface area contributed by atoms with Gasteiger partial charge in [-0.05, 0) is 37.2 Å². The second kappa shape index (κ2) is 5.47. The van der Waals surface area contributed by atoms with Crippen LogP contribution in [-0.2, 0) is 6.54 Å². The summed E-state index contributed by atoms with van der Waals surface area (Å²) in [4.78, 5) is 6.90. The highest BCUT2D eigenvalue weighted by Crippen LogP contribution is 2.47. The Kier molecular flexibility index (Phi) is 3.68. The van der Waals surface area contributed by atoms with E-state index in [4.69, 9.17) is 0 Å². The third-order valence-corrected chi connectivity index (χ3v) is 4.90. The highest BCUT2D eigenvalue weighted by Gasteiger charge is 2.43. The largest absolute Gasteiger partial charge is 0.352 e. The molecule has 2 aliphatic rings. The van der Waals surface area contributed by atoms with E-state index in [0.717, 1.165) is 19.0 Å². The summed E-state index contributed by atoms with van der Waals surface area (Å²) in [6.45, 7) is 5.35. The van der Waals surface area contributed by atoms with Gasteiger partial charge in [-0.1, -0.05) is 36.2 Å². The highest BCUT2D eigenvalue weighted by molar-refractivity contribution is 5.80. The maximum Gasteiger partial charge on any atom is 0.193 e. The van der Waals surface area contributed by atoms with Crippen molar-refractivity contribution in [3.05, 3.63) is 35.4 Å². The molecule has 108 valence electrons. The smallest absolute Gasteiger partial charge is 0.193 e. The Hall–Kier alpha value is -1.51. The van der Waals surface area contributed by atoms with E-state index >= 15 is 0 Å². The predicted octanol–water partition coefficient (Wildman–Crippen LogP) is 2.95. The van der Waals surface area contributed by atoms with E-state index in [1.165, 1.54) is 43.4 Å². The van der Waals surface area contributed by atoms with Gasteiger partial charge in [-0.3, -0.25) is 4.99 Å². The first-order valence-corrected chi connectivity index (χ1v) is 7.72. The molecule has 3 rings (SSSR count).